The minimum absolute atomic E-state index is 0.0350. The Balaban J connectivity index is 1.78. The van der Waals surface area contributed by atoms with Crippen molar-refractivity contribution >= 4 is 23.7 Å². The van der Waals surface area contributed by atoms with Crippen molar-refractivity contribution in [2.24, 2.45) is 34.3 Å². The van der Waals surface area contributed by atoms with Crippen LogP contribution in [0.1, 0.15) is 58.1 Å². The molecule has 4 rings (SSSR count). The van der Waals surface area contributed by atoms with Gasteiger partial charge >= 0.3 is 17.9 Å². The molecule has 33 heavy (non-hydrogen) atoms. The van der Waals surface area contributed by atoms with Crippen LogP contribution in [0.3, 0.4) is 0 Å². The first-order valence-corrected chi connectivity index (χ1v) is 11.3. The number of hydrogen-bond donors (Lipinski definition) is 1. The van der Waals surface area contributed by atoms with E-state index in [9.17, 15) is 19.2 Å². The summed E-state index contributed by atoms with van der Waals surface area (Å²) in [4.78, 5) is 52.1. The number of ketones is 1. The molecular formula is C24H31NO8. The SMILES string of the molecule is COC(=O)[C@@H]1C[C@H](OC(=O)[C@H](C)N)C(=O)C2[C@@]3(C)C[C@@H](c4ccoc4)OC(=O)C3CC[C@]21C. The fraction of sp³-hybridized carbons (Fsp3) is 0.667. The predicted octanol–water partition coefficient (Wildman–Crippen LogP) is 2.33. The van der Waals surface area contributed by atoms with Crippen LogP contribution >= 0.6 is 0 Å². The second-order valence-corrected chi connectivity index (χ2v) is 10.2. The Kier molecular flexibility index (Phi) is 5.88. The highest BCUT2D eigenvalue weighted by atomic mass is 16.6. The molecule has 2 heterocycles. The van der Waals surface area contributed by atoms with Crippen molar-refractivity contribution in [3.63, 3.8) is 0 Å². The number of Topliss-reactive ketones (excluding diaryl/α,β-unsaturated/α-hetero) is 1. The second kappa shape index (κ2) is 8.27. The third kappa shape index (κ3) is 3.66. The topological polar surface area (TPSA) is 135 Å². The van der Waals surface area contributed by atoms with Crippen molar-refractivity contribution in [3.05, 3.63) is 24.2 Å². The molecular weight excluding hydrogens is 430 g/mol. The molecule has 1 aliphatic heterocycles. The van der Waals surface area contributed by atoms with Gasteiger partial charge in [0.05, 0.1) is 31.5 Å². The summed E-state index contributed by atoms with van der Waals surface area (Å²) >= 11 is 0. The van der Waals surface area contributed by atoms with Gasteiger partial charge in [-0.3, -0.25) is 19.2 Å². The molecule has 0 aromatic carbocycles. The van der Waals surface area contributed by atoms with Crippen molar-refractivity contribution in [3.8, 4) is 0 Å². The molecule has 2 aliphatic carbocycles. The van der Waals surface area contributed by atoms with Gasteiger partial charge in [-0.2, -0.15) is 0 Å². The Labute approximate surface area is 192 Å². The third-order valence-electron chi connectivity index (χ3n) is 8.13. The summed E-state index contributed by atoms with van der Waals surface area (Å²) in [6, 6.07) is 0.823. The molecule has 1 aromatic rings. The number of rotatable bonds is 4. The molecule has 8 atom stereocenters. The lowest BCUT2D eigenvalue weighted by atomic mass is 9.43. The van der Waals surface area contributed by atoms with Crippen LogP contribution in [0, 0.1) is 28.6 Å². The van der Waals surface area contributed by atoms with Crippen molar-refractivity contribution in [2.75, 3.05) is 7.11 Å². The highest BCUT2D eigenvalue weighted by Gasteiger charge is 2.67. The first kappa shape index (κ1) is 23.5. The Morgan fingerprint density at radius 2 is 1.97 bits per heavy atom. The molecule has 0 spiro atoms. The maximum absolute atomic E-state index is 13.9. The number of cyclic esters (lactones) is 1. The maximum Gasteiger partial charge on any atom is 0.323 e. The number of methoxy groups -OCH3 is 1. The monoisotopic (exact) mass is 461 g/mol. The molecule has 0 amide bonds. The van der Waals surface area contributed by atoms with E-state index in [4.69, 9.17) is 24.4 Å². The van der Waals surface area contributed by atoms with Gasteiger partial charge in [0, 0.05) is 17.9 Å². The third-order valence-corrected chi connectivity index (χ3v) is 8.13. The molecule has 0 bridgehead atoms. The molecule has 0 radical (unpaired) electrons. The minimum Gasteiger partial charge on any atom is -0.472 e. The average molecular weight is 462 g/mol. The second-order valence-electron chi connectivity index (χ2n) is 10.2. The van der Waals surface area contributed by atoms with E-state index in [1.54, 1.807) is 6.07 Å². The smallest absolute Gasteiger partial charge is 0.323 e. The van der Waals surface area contributed by atoms with E-state index >= 15 is 0 Å². The van der Waals surface area contributed by atoms with Gasteiger partial charge in [-0.15, -0.1) is 0 Å². The van der Waals surface area contributed by atoms with Crippen LogP contribution in [0.5, 0.6) is 0 Å². The Morgan fingerprint density at radius 3 is 2.58 bits per heavy atom. The molecule has 2 saturated carbocycles. The predicted molar refractivity (Wildman–Crippen MR) is 113 cm³/mol. The highest BCUT2D eigenvalue weighted by molar-refractivity contribution is 5.93. The van der Waals surface area contributed by atoms with E-state index in [1.807, 2.05) is 13.8 Å². The zero-order chi connectivity index (χ0) is 24.1. The number of furan rings is 1. The summed E-state index contributed by atoms with van der Waals surface area (Å²) in [5.41, 5.74) is 4.79. The summed E-state index contributed by atoms with van der Waals surface area (Å²) in [5.74, 6) is -3.70. The molecule has 2 N–H and O–H groups in total. The van der Waals surface area contributed by atoms with Crippen LogP contribution in [0.2, 0.25) is 0 Å². The molecule has 2 unspecified atom stereocenters. The largest absolute Gasteiger partial charge is 0.472 e. The highest BCUT2D eigenvalue weighted by Crippen LogP contribution is 2.65. The van der Waals surface area contributed by atoms with Crippen molar-refractivity contribution < 1.29 is 37.8 Å². The first-order valence-electron chi connectivity index (χ1n) is 11.3. The standard InChI is InChI=1S/C24H31NO8/c1-12(25)20(27)32-16-9-15(21(28)30-4)23(2)7-5-14-22(29)33-17(13-6-8-31-11-13)10-24(14,3)19(23)18(16)26/h6,8,11-12,14-17,19H,5,7,9-10,25H2,1-4H3/t12-,14?,15-,16-,17-,19?,23-,24-/m0/s1. The zero-order valence-electron chi connectivity index (χ0n) is 19.4. The normalized spacial score (nSPS) is 39.0. The summed E-state index contributed by atoms with van der Waals surface area (Å²) < 4.78 is 21.5. The van der Waals surface area contributed by atoms with E-state index < -0.39 is 58.8 Å². The summed E-state index contributed by atoms with van der Waals surface area (Å²) in [5, 5.41) is 0. The number of hydrogen-bond acceptors (Lipinski definition) is 9. The quantitative estimate of drug-likeness (QED) is 0.529. The van der Waals surface area contributed by atoms with Gasteiger partial charge in [-0.05, 0) is 43.1 Å². The lowest BCUT2D eigenvalue weighted by Gasteiger charge is -2.61. The van der Waals surface area contributed by atoms with Crippen LogP contribution in [0.4, 0.5) is 0 Å². The van der Waals surface area contributed by atoms with Crippen LogP contribution in [-0.4, -0.2) is 42.9 Å². The van der Waals surface area contributed by atoms with Gasteiger partial charge in [-0.1, -0.05) is 13.8 Å². The van der Waals surface area contributed by atoms with Gasteiger partial charge in [-0.25, -0.2) is 0 Å². The number of carbonyl (C=O) groups is 4. The number of ether oxygens (including phenoxy) is 3. The minimum atomic E-state index is -1.13. The van der Waals surface area contributed by atoms with E-state index in [-0.39, 0.29) is 18.2 Å². The van der Waals surface area contributed by atoms with Gasteiger partial charge in [0.25, 0.3) is 0 Å². The molecule has 3 fully saturated rings. The van der Waals surface area contributed by atoms with E-state index in [2.05, 4.69) is 0 Å². The summed E-state index contributed by atoms with van der Waals surface area (Å²) in [7, 11) is 1.31. The Bertz CT molecular complexity index is 956. The lowest BCUT2D eigenvalue weighted by Crippen LogP contribution is -2.65. The van der Waals surface area contributed by atoms with Crippen LogP contribution < -0.4 is 5.73 Å². The molecule has 9 heteroatoms. The maximum atomic E-state index is 13.9. The van der Waals surface area contributed by atoms with Crippen LogP contribution in [0.15, 0.2) is 23.0 Å². The van der Waals surface area contributed by atoms with E-state index in [0.717, 1.165) is 0 Å². The number of carbonyl (C=O) groups excluding carboxylic acids is 4. The molecule has 180 valence electrons. The molecule has 9 nitrogen and oxygen atoms in total. The molecule has 1 aromatic heterocycles. The van der Waals surface area contributed by atoms with Crippen LogP contribution in [-0.2, 0) is 33.4 Å². The van der Waals surface area contributed by atoms with E-state index in [1.165, 1.54) is 26.6 Å². The first-order chi connectivity index (χ1) is 15.5. The fourth-order valence-electron chi connectivity index (χ4n) is 6.51. The Morgan fingerprint density at radius 1 is 1.24 bits per heavy atom. The zero-order valence-corrected chi connectivity index (χ0v) is 19.4. The average Bonchev–Trinajstić information content (AvgIpc) is 3.29. The lowest BCUT2D eigenvalue weighted by molar-refractivity contribution is -0.210. The Hall–Kier alpha value is -2.68. The summed E-state index contributed by atoms with van der Waals surface area (Å²) in [6.45, 7) is 5.30. The number of nitrogens with two attached hydrogens (primary N) is 1. The summed E-state index contributed by atoms with van der Waals surface area (Å²) in [6.07, 6.45) is 2.71. The molecule has 3 aliphatic rings. The van der Waals surface area contributed by atoms with Gasteiger partial charge < -0.3 is 24.4 Å². The van der Waals surface area contributed by atoms with Gasteiger partial charge in [0.1, 0.15) is 12.1 Å². The van der Waals surface area contributed by atoms with Gasteiger partial charge in [0.15, 0.2) is 11.9 Å². The number of fused-ring (bicyclic) bond motifs is 3. The fourth-order valence-corrected chi connectivity index (χ4v) is 6.51. The van der Waals surface area contributed by atoms with Crippen molar-refractivity contribution in [1.82, 2.24) is 0 Å². The van der Waals surface area contributed by atoms with Crippen molar-refractivity contribution in [2.45, 2.75) is 64.7 Å². The van der Waals surface area contributed by atoms with Crippen LogP contribution in [0.25, 0.3) is 0 Å². The molecule has 1 saturated heterocycles. The number of esters is 3. The van der Waals surface area contributed by atoms with Gasteiger partial charge in [0.2, 0.25) is 0 Å². The van der Waals surface area contributed by atoms with E-state index in [0.29, 0.717) is 24.8 Å². The van der Waals surface area contributed by atoms with Crippen molar-refractivity contribution in [1.29, 1.82) is 0 Å².